The molecule has 94 valence electrons. The normalized spacial score (nSPS) is 18.4. The van der Waals surface area contributed by atoms with Gasteiger partial charge in [-0.25, -0.2) is 4.98 Å². The Morgan fingerprint density at radius 2 is 2.11 bits per heavy atom. The highest BCUT2D eigenvalue weighted by molar-refractivity contribution is 7.15. The second kappa shape index (κ2) is 4.71. The Morgan fingerprint density at radius 3 is 2.78 bits per heavy atom. The number of aromatic nitrogens is 1. The van der Waals surface area contributed by atoms with E-state index < -0.39 is 0 Å². The molecule has 0 spiro atoms. The lowest BCUT2D eigenvalue weighted by molar-refractivity contribution is 0.415. The molecule has 3 rings (SSSR count). The lowest BCUT2D eigenvalue weighted by Gasteiger charge is -2.15. The molecule has 0 saturated heterocycles. The summed E-state index contributed by atoms with van der Waals surface area (Å²) < 4.78 is 5.17. The lowest BCUT2D eigenvalue weighted by atomic mass is 9.99. The molecule has 1 aliphatic rings. The Kier molecular flexibility index (Phi) is 3.06. The monoisotopic (exact) mass is 260 g/mol. The highest BCUT2D eigenvalue weighted by atomic mass is 32.1. The van der Waals surface area contributed by atoms with Gasteiger partial charge in [-0.1, -0.05) is 0 Å². The molecular formula is C14H16N2OS. The zero-order valence-electron chi connectivity index (χ0n) is 10.3. The summed E-state index contributed by atoms with van der Waals surface area (Å²) in [5, 5.41) is 1.07. The minimum Gasteiger partial charge on any atom is -0.497 e. The number of nitrogens with two attached hydrogens (primary N) is 1. The molecule has 0 aliphatic heterocycles. The second-order valence-corrected chi connectivity index (χ2v) is 5.59. The van der Waals surface area contributed by atoms with Crippen LogP contribution in [0, 0.1) is 0 Å². The first-order valence-corrected chi connectivity index (χ1v) is 6.99. The lowest BCUT2D eigenvalue weighted by Crippen LogP contribution is -2.15. The Morgan fingerprint density at radius 1 is 1.33 bits per heavy atom. The highest BCUT2D eigenvalue weighted by Crippen LogP contribution is 2.36. The molecular weight excluding hydrogens is 244 g/mol. The van der Waals surface area contributed by atoms with Crippen molar-refractivity contribution >= 4 is 11.3 Å². The number of thiazole rings is 1. The molecule has 1 heterocycles. The van der Waals surface area contributed by atoms with Gasteiger partial charge in [-0.2, -0.15) is 0 Å². The first-order chi connectivity index (χ1) is 8.78. The van der Waals surface area contributed by atoms with Crippen molar-refractivity contribution in [3.63, 3.8) is 0 Å². The van der Waals surface area contributed by atoms with Crippen molar-refractivity contribution in [1.82, 2.24) is 4.98 Å². The van der Waals surface area contributed by atoms with Gasteiger partial charge in [-0.05, 0) is 43.5 Å². The van der Waals surface area contributed by atoms with Gasteiger partial charge in [0.25, 0.3) is 0 Å². The van der Waals surface area contributed by atoms with E-state index in [2.05, 4.69) is 12.1 Å². The van der Waals surface area contributed by atoms with Crippen LogP contribution in [-0.2, 0) is 6.42 Å². The highest BCUT2D eigenvalue weighted by Gasteiger charge is 2.21. The fraction of sp³-hybridized carbons (Fsp3) is 0.357. The third-order valence-corrected chi connectivity index (χ3v) is 4.61. The fourth-order valence-electron chi connectivity index (χ4n) is 2.31. The average molecular weight is 260 g/mol. The predicted octanol–water partition coefficient (Wildman–Crippen LogP) is 3.15. The van der Waals surface area contributed by atoms with Crippen LogP contribution in [0.5, 0.6) is 5.75 Å². The maximum Gasteiger partial charge on any atom is 0.123 e. The number of fused-ring (bicyclic) bond motifs is 1. The molecule has 4 heteroatoms. The average Bonchev–Trinajstić information content (AvgIpc) is 2.84. The third kappa shape index (κ3) is 2.02. The molecule has 1 aromatic carbocycles. The smallest absolute Gasteiger partial charge is 0.123 e. The zero-order chi connectivity index (χ0) is 12.5. The number of aryl methyl sites for hydroxylation is 1. The van der Waals surface area contributed by atoms with Gasteiger partial charge >= 0.3 is 0 Å². The van der Waals surface area contributed by atoms with Crippen LogP contribution in [0.25, 0.3) is 10.6 Å². The van der Waals surface area contributed by atoms with Crippen LogP contribution >= 0.6 is 11.3 Å². The fourth-order valence-corrected chi connectivity index (χ4v) is 3.46. The van der Waals surface area contributed by atoms with Crippen molar-refractivity contribution in [2.75, 3.05) is 7.11 Å². The van der Waals surface area contributed by atoms with Crippen molar-refractivity contribution in [3.8, 4) is 16.3 Å². The van der Waals surface area contributed by atoms with Gasteiger partial charge in [0.05, 0.1) is 12.8 Å². The molecule has 1 atom stereocenters. The molecule has 0 saturated carbocycles. The van der Waals surface area contributed by atoms with Crippen LogP contribution in [0.1, 0.15) is 29.5 Å². The summed E-state index contributed by atoms with van der Waals surface area (Å²) in [6.45, 7) is 0. The van der Waals surface area contributed by atoms with Crippen LogP contribution in [0.2, 0.25) is 0 Å². The first kappa shape index (κ1) is 11.7. The minimum atomic E-state index is 0.179. The zero-order valence-corrected chi connectivity index (χ0v) is 11.2. The Labute approximate surface area is 111 Å². The Balaban J connectivity index is 1.96. The van der Waals surface area contributed by atoms with E-state index in [1.807, 2.05) is 12.1 Å². The van der Waals surface area contributed by atoms with Crippen LogP contribution in [0.4, 0.5) is 0 Å². The molecule has 0 bridgehead atoms. The molecule has 1 aromatic heterocycles. The number of benzene rings is 1. The number of hydrogen-bond donors (Lipinski definition) is 1. The third-order valence-electron chi connectivity index (χ3n) is 3.33. The summed E-state index contributed by atoms with van der Waals surface area (Å²) in [6, 6.07) is 8.22. The number of ether oxygens (including phenoxy) is 1. The summed E-state index contributed by atoms with van der Waals surface area (Å²) in [6.07, 6.45) is 3.30. The number of methoxy groups -OCH3 is 1. The van der Waals surface area contributed by atoms with Crippen LogP contribution in [0.15, 0.2) is 24.3 Å². The molecule has 0 amide bonds. The van der Waals surface area contributed by atoms with Gasteiger partial charge in [0, 0.05) is 16.5 Å². The maximum absolute atomic E-state index is 6.13. The molecule has 3 nitrogen and oxygen atoms in total. The molecule has 1 aliphatic carbocycles. The second-order valence-electron chi connectivity index (χ2n) is 4.56. The van der Waals surface area contributed by atoms with Gasteiger partial charge in [-0.15, -0.1) is 11.3 Å². The van der Waals surface area contributed by atoms with Crippen LogP contribution in [0.3, 0.4) is 0 Å². The SMILES string of the molecule is COc1ccc(-c2nc3c(s2)[C@@H](N)CCC3)cc1. The summed E-state index contributed by atoms with van der Waals surface area (Å²) in [5.74, 6) is 0.872. The summed E-state index contributed by atoms with van der Waals surface area (Å²) in [5.41, 5.74) is 8.47. The van der Waals surface area contributed by atoms with E-state index in [0.29, 0.717) is 0 Å². The van der Waals surface area contributed by atoms with Crippen molar-refractivity contribution < 1.29 is 4.74 Å². The van der Waals surface area contributed by atoms with E-state index in [1.165, 1.54) is 10.6 Å². The van der Waals surface area contributed by atoms with E-state index in [9.17, 15) is 0 Å². The van der Waals surface area contributed by atoms with E-state index in [0.717, 1.165) is 35.6 Å². The Hall–Kier alpha value is -1.39. The standard InChI is InChI=1S/C14H16N2OS/c1-17-10-7-5-9(6-8-10)14-16-12-4-2-3-11(15)13(12)18-14/h5-8,11H,2-4,15H2,1H3/t11-/m0/s1. The first-order valence-electron chi connectivity index (χ1n) is 6.17. The molecule has 18 heavy (non-hydrogen) atoms. The van der Waals surface area contributed by atoms with Crippen molar-refractivity contribution in [1.29, 1.82) is 0 Å². The van der Waals surface area contributed by atoms with E-state index in [1.54, 1.807) is 18.4 Å². The van der Waals surface area contributed by atoms with E-state index in [-0.39, 0.29) is 6.04 Å². The van der Waals surface area contributed by atoms with Crippen LogP contribution < -0.4 is 10.5 Å². The van der Waals surface area contributed by atoms with Crippen molar-refractivity contribution in [3.05, 3.63) is 34.8 Å². The topological polar surface area (TPSA) is 48.1 Å². The van der Waals surface area contributed by atoms with E-state index in [4.69, 9.17) is 15.5 Å². The number of nitrogens with zero attached hydrogens (tertiary/aromatic N) is 1. The molecule has 0 unspecified atom stereocenters. The van der Waals surface area contributed by atoms with Gasteiger partial charge < -0.3 is 10.5 Å². The molecule has 2 aromatic rings. The Bertz CT molecular complexity index is 547. The molecule has 2 N–H and O–H groups in total. The quantitative estimate of drug-likeness (QED) is 0.902. The van der Waals surface area contributed by atoms with Gasteiger partial charge in [0.2, 0.25) is 0 Å². The summed E-state index contributed by atoms with van der Waals surface area (Å²) in [4.78, 5) is 6.00. The molecule has 0 radical (unpaired) electrons. The molecule has 0 fully saturated rings. The minimum absolute atomic E-state index is 0.179. The van der Waals surface area contributed by atoms with Crippen molar-refractivity contribution in [2.45, 2.75) is 25.3 Å². The number of rotatable bonds is 2. The van der Waals surface area contributed by atoms with Crippen LogP contribution in [-0.4, -0.2) is 12.1 Å². The maximum atomic E-state index is 6.13. The van der Waals surface area contributed by atoms with Gasteiger partial charge in [0.15, 0.2) is 0 Å². The van der Waals surface area contributed by atoms with Gasteiger partial charge in [0.1, 0.15) is 10.8 Å². The van der Waals surface area contributed by atoms with E-state index >= 15 is 0 Å². The van der Waals surface area contributed by atoms with Crippen molar-refractivity contribution in [2.24, 2.45) is 5.73 Å². The number of hydrogen-bond acceptors (Lipinski definition) is 4. The predicted molar refractivity (Wildman–Crippen MR) is 74.0 cm³/mol. The summed E-state index contributed by atoms with van der Waals surface area (Å²) in [7, 11) is 1.68. The summed E-state index contributed by atoms with van der Waals surface area (Å²) >= 11 is 1.73. The largest absolute Gasteiger partial charge is 0.497 e. The van der Waals surface area contributed by atoms with Gasteiger partial charge in [-0.3, -0.25) is 0 Å².